The highest BCUT2D eigenvalue weighted by atomic mass is 16.4. The summed E-state index contributed by atoms with van der Waals surface area (Å²) in [5.74, 6) is -0.910. The summed E-state index contributed by atoms with van der Waals surface area (Å²) in [7, 11) is 0. The highest BCUT2D eigenvalue weighted by molar-refractivity contribution is 5.76. The van der Waals surface area contributed by atoms with Gasteiger partial charge in [-0.25, -0.2) is 4.79 Å². The van der Waals surface area contributed by atoms with Gasteiger partial charge in [-0.3, -0.25) is 4.79 Å². The van der Waals surface area contributed by atoms with Gasteiger partial charge in [0.25, 0.3) is 0 Å². The molecule has 98 valence electrons. The summed E-state index contributed by atoms with van der Waals surface area (Å²) >= 11 is 0. The van der Waals surface area contributed by atoms with Crippen molar-refractivity contribution in [1.82, 2.24) is 10.2 Å². The largest absolute Gasteiger partial charge is 0.481 e. The van der Waals surface area contributed by atoms with Crippen molar-refractivity contribution >= 4 is 12.0 Å². The maximum atomic E-state index is 11.9. The van der Waals surface area contributed by atoms with Gasteiger partial charge in [0, 0.05) is 18.6 Å². The molecule has 0 bridgehead atoms. The van der Waals surface area contributed by atoms with Gasteiger partial charge in [0.05, 0.1) is 6.42 Å². The van der Waals surface area contributed by atoms with Gasteiger partial charge in [-0.05, 0) is 27.7 Å². The molecule has 0 saturated carbocycles. The van der Waals surface area contributed by atoms with E-state index in [1.807, 2.05) is 27.7 Å². The van der Waals surface area contributed by atoms with Crippen LogP contribution in [0, 0.1) is 0 Å². The molecule has 0 aromatic heterocycles. The van der Waals surface area contributed by atoms with Crippen LogP contribution in [0.2, 0.25) is 0 Å². The van der Waals surface area contributed by atoms with Crippen molar-refractivity contribution in [2.45, 2.75) is 39.7 Å². The van der Waals surface area contributed by atoms with Crippen LogP contribution < -0.4 is 5.32 Å². The molecule has 0 aliphatic rings. The average molecular weight is 242 g/mol. The summed E-state index contributed by atoms with van der Waals surface area (Å²) in [4.78, 5) is 24.0. The Kier molecular flexibility index (Phi) is 5.71. The van der Waals surface area contributed by atoms with Gasteiger partial charge >= 0.3 is 12.0 Å². The summed E-state index contributed by atoms with van der Waals surface area (Å²) in [6.07, 6.45) is -0.0578. The third kappa shape index (κ3) is 6.60. The number of carbonyl (C=O) groups excluding carboxylic acids is 1. The third-order valence-corrected chi connectivity index (χ3v) is 2.15. The first-order chi connectivity index (χ1) is 7.64. The second-order valence-electron chi connectivity index (χ2n) is 5.08. The van der Waals surface area contributed by atoms with Crippen molar-refractivity contribution in [2.24, 2.45) is 0 Å². The van der Waals surface area contributed by atoms with Crippen LogP contribution in [0.3, 0.4) is 0 Å². The Balaban J connectivity index is 4.52. The van der Waals surface area contributed by atoms with Crippen LogP contribution in [0.4, 0.5) is 4.79 Å². The van der Waals surface area contributed by atoms with E-state index >= 15 is 0 Å². The molecule has 0 radical (unpaired) electrons. The van der Waals surface area contributed by atoms with Crippen LogP contribution >= 0.6 is 0 Å². The maximum Gasteiger partial charge on any atom is 0.318 e. The lowest BCUT2D eigenvalue weighted by molar-refractivity contribution is -0.137. The number of urea groups is 1. The van der Waals surface area contributed by atoms with E-state index in [-0.39, 0.29) is 19.0 Å². The van der Waals surface area contributed by atoms with Crippen LogP contribution in [0.25, 0.3) is 0 Å². The van der Waals surface area contributed by atoms with Crippen molar-refractivity contribution in [3.05, 3.63) is 12.2 Å². The van der Waals surface area contributed by atoms with Crippen molar-refractivity contribution in [3.8, 4) is 0 Å². The number of hydrogen-bond acceptors (Lipinski definition) is 2. The summed E-state index contributed by atoms with van der Waals surface area (Å²) in [5, 5.41) is 11.4. The Labute approximate surface area is 102 Å². The molecular weight excluding hydrogens is 220 g/mol. The fourth-order valence-electron chi connectivity index (χ4n) is 1.27. The quantitative estimate of drug-likeness (QED) is 0.723. The van der Waals surface area contributed by atoms with Crippen LogP contribution in [0.15, 0.2) is 12.2 Å². The Hall–Kier alpha value is -1.52. The lowest BCUT2D eigenvalue weighted by Gasteiger charge is -2.35. The first-order valence-corrected chi connectivity index (χ1v) is 5.56. The second-order valence-corrected chi connectivity index (χ2v) is 5.08. The summed E-state index contributed by atoms with van der Waals surface area (Å²) in [6, 6.07) is -0.262. The highest BCUT2D eigenvalue weighted by Gasteiger charge is 2.26. The van der Waals surface area contributed by atoms with Crippen molar-refractivity contribution < 1.29 is 14.7 Å². The summed E-state index contributed by atoms with van der Waals surface area (Å²) in [5.41, 5.74) is 0.444. The Bertz CT molecular complexity index is 305. The molecule has 5 heteroatoms. The fraction of sp³-hybridized carbons (Fsp3) is 0.667. The van der Waals surface area contributed by atoms with Crippen molar-refractivity contribution in [2.75, 3.05) is 13.1 Å². The molecule has 0 saturated heterocycles. The molecule has 0 fully saturated rings. The molecule has 5 nitrogen and oxygen atoms in total. The van der Waals surface area contributed by atoms with Gasteiger partial charge in [0.2, 0.25) is 0 Å². The zero-order valence-electron chi connectivity index (χ0n) is 11.0. The molecular formula is C12H22N2O3. The minimum atomic E-state index is -0.910. The predicted octanol–water partition coefficient (Wildman–Crippen LogP) is 1.85. The molecule has 0 atom stereocenters. The first kappa shape index (κ1) is 15.5. The van der Waals surface area contributed by atoms with Gasteiger partial charge in [-0.15, -0.1) is 0 Å². The molecule has 0 aliphatic heterocycles. The zero-order chi connectivity index (χ0) is 13.6. The van der Waals surface area contributed by atoms with Gasteiger partial charge in [0.1, 0.15) is 0 Å². The van der Waals surface area contributed by atoms with E-state index in [9.17, 15) is 9.59 Å². The third-order valence-electron chi connectivity index (χ3n) is 2.15. The highest BCUT2D eigenvalue weighted by Crippen LogP contribution is 2.13. The molecule has 0 spiro atoms. The summed E-state index contributed by atoms with van der Waals surface area (Å²) in [6.45, 7) is 11.7. The van der Waals surface area contributed by atoms with Crippen molar-refractivity contribution in [1.29, 1.82) is 0 Å². The summed E-state index contributed by atoms with van der Waals surface area (Å²) < 4.78 is 0. The van der Waals surface area contributed by atoms with Crippen LogP contribution in [0.5, 0.6) is 0 Å². The zero-order valence-corrected chi connectivity index (χ0v) is 11.0. The normalized spacial score (nSPS) is 10.8. The number of rotatable bonds is 5. The molecule has 0 heterocycles. The Morgan fingerprint density at radius 1 is 1.35 bits per heavy atom. The van der Waals surface area contributed by atoms with Crippen LogP contribution in [-0.4, -0.2) is 40.6 Å². The van der Waals surface area contributed by atoms with Gasteiger partial charge in [-0.2, -0.15) is 0 Å². The molecule has 0 aromatic carbocycles. The van der Waals surface area contributed by atoms with E-state index in [2.05, 4.69) is 11.9 Å². The Morgan fingerprint density at radius 3 is 2.24 bits per heavy atom. The molecule has 0 unspecified atom stereocenters. The lowest BCUT2D eigenvalue weighted by Crippen LogP contribution is -2.51. The number of hydrogen-bond donors (Lipinski definition) is 2. The van der Waals surface area contributed by atoms with E-state index < -0.39 is 11.5 Å². The lowest BCUT2D eigenvalue weighted by atomic mass is 10.1. The number of carbonyl (C=O) groups is 2. The van der Waals surface area contributed by atoms with Crippen LogP contribution in [0.1, 0.15) is 34.1 Å². The predicted molar refractivity (Wildman–Crippen MR) is 66.9 cm³/mol. The molecule has 17 heavy (non-hydrogen) atoms. The maximum absolute atomic E-state index is 11.9. The van der Waals surface area contributed by atoms with E-state index in [1.54, 1.807) is 0 Å². The monoisotopic (exact) mass is 242 g/mol. The first-order valence-electron chi connectivity index (χ1n) is 5.56. The van der Waals surface area contributed by atoms with Gasteiger partial charge in [-0.1, -0.05) is 12.2 Å². The average Bonchev–Trinajstić information content (AvgIpc) is 2.12. The minimum absolute atomic E-state index is 0.0578. The van der Waals surface area contributed by atoms with E-state index in [4.69, 9.17) is 5.11 Å². The Morgan fingerprint density at radius 2 is 1.88 bits per heavy atom. The van der Waals surface area contributed by atoms with Crippen LogP contribution in [-0.2, 0) is 4.79 Å². The van der Waals surface area contributed by atoms with Crippen molar-refractivity contribution in [3.63, 3.8) is 0 Å². The SMILES string of the molecule is C=C(C)CNC(=O)N(CCC(=O)O)C(C)(C)C. The second kappa shape index (κ2) is 6.27. The minimum Gasteiger partial charge on any atom is -0.481 e. The van der Waals surface area contributed by atoms with Gasteiger partial charge in [0.15, 0.2) is 0 Å². The molecule has 0 aliphatic carbocycles. The molecule has 2 N–H and O–H groups in total. The van der Waals surface area contributed by atoms with E-state index in [0.29, 0.717) is 6.54 Å². The number of carboxylic acids is 1. The molecule has 0 rings (SSSR count). The van der Waals surface area contributed by atoms with E-state index in [1.165, 1.54) is 4.90 Å². The van der Waals surface area contributed by atoms with E-state index in [0.717, 1.165) is 5.57 Å². The standard InChI is InChI=1S/C12H22N2O3/c1-9(2)8-13-11(17)14(12(3,4)5)7-6-10(15)16/h1,6-8H2,2-5H3,(H,13,17)(H,15,16). The smallest absolute Gasteiger partial charge is 0.318 e. The number of carboxylic acid groups (broad SMARTS) is 1. The number of nitrogens with zero attached hydrogens (tertiary/aromatic N) is 1. The topological polar surface area (TPSA) is 69.6 Å². The van der Waals surface area contributed by atoms with Gasteiger partial charge < -0.3 is 15.3 Å². The number of amides is 2. The molecule has 0 aromatic rings. The number of aliphatic carboxylic acids is 1. The number of nitrogens with one attached hydrogen (secondary N) is 1. The fourth-order valence-corrected chi connectivity index (χ4v) is 1.27. The molecule has 2 amide bonds.